The van der Waals surface area contributed by atoms with E-state index in [9.17, 15) is 0 Å². The summed E-state index contributed by atoms with van der Waals surface area (Å²) in [6.07, 6.45) is 5.63. The Hall–Kier alpha value is -0.200. The Morgan fingerprint density at radius 1 is 1.06 bits per heavy atom. The van der Waals surface area contributed by atoms with Crippen molar-refractivity contribution in [1.29, 1.82) is 0 Å². The maximum Gasteiger partial charge on any atom is 0.168 e. The molecule has 1 N–H and O–H groups in total. The van der Waals surface area contributed by atoms with Crippen molar-refractivity contribution in [2.45, 2.75) is 44.0 Å². The predicted molar refractivity (Wildman–Crippen MR) is 65.4 cm³/mol. The zero-order valence-corrected chi connectivity index (χ0v) is 10.9. The fraction of sp³-hybridized carbons (Fsp3) is 1.00. The number of rotatable bonds is 9. The first-order chi connectivity index (χ1) is 8.85. The number of epoxide rings is 1. The van der Waals surface area contributed by atoms with Crippen molar-refractivity contribution in [3.05, 3.63) is 0 Å². The van der Waals surface area contributed by atoms with Crippen LogP contribution in [0, 0.1) is 0 Å². The SMILES string of the molecule is OCCOC1(OCCOCC2CO2)CCCCC1. The first-order valence-corrected chi connectivity index (χ1v) is 6.93. The van der Waals surface area contributed by atoms with Gasteiger partial charge in [0.25, 0.3) is 0 Å². The molecule has 0 amide bonds. The molecule has 1 saturated heterocycles. The van der Waals surface area contributed by atoms with Gasteiger partial charge >= 0.3 is 0 Å². The van der Waals surface area contributed by atoms with Gasteiger partial charge in [-0.1, -0.05) is 6.42 Å². The molecule has 0 aromatic rings. The Labute approximate surface area is 108 Å². The molecule has 0 aromatic carbocycles. The van der Waals surface area contributed by atoms with Crippen LogP contribution in [0.5, 0.6) is 0 Å². The predicted octanol–water partition coefficient (Wildman–Crippen LogP) is 1.09. The van der Waals surface area contributed by atoms with Crippen LogP contribution in [0.3, 0.4) is 0 Å². The minimum Gasteiger partial charge on any atom is -0.394 e. The highest BCUT2D eigenvalue weighted by molar-refractivity contribution is 4.75. The maximum absolute atomic E-state index is 8.87. The van der Waals surface area contributed by atoms with E-state index in [2.05, 4.69) is 0 Å². The first-order valence-electron chi connectivity index (χ1n) is 6.93. The minimum atomic E-state index is -0.486. The van der Waals surface area contributed by atoms with Crippen LogP contribution in [0.15, 0.2) is 0 Å². The average molecular weight is 260 g/mol. The second-order valence-electron chi connectivity index (χ2n) is 4.92. The molecule has 2 rings (SSSR count). The van der Waals surface area contributed by atoms with Crippen LogP contribution >= 0.6 is 0 Å². The molecule has 1 aliphatic carbocycles. The summed E-state index contributed by atoms with van der Waals surface area (Å²) in [5, 5.41) is 8.87. The largest absolute Gasteiger partial charge is 0.394 e. The fourth-order valence-corrected chi connectivity index (χ4v) is 2.32. The zero-order chi connectivity index (χ0) is 12.7. The molecular weight excluding hydrogens is 236 g/mol. The van der Waals surface area contributed by atoms with Gasteiger partial charge < -0.3 is 24.1 Å². The van der Waals surface area contributed by atoms with Gasteiger partial charge in [-0.3, -0.25) is 0 Å². The van der Waals surface area contributed by atoms with Crippen molar-refractivity contribution in [3.63, 3.8) is 0 Å². The van der Waals surface area contributed by atoms with E-state index in [1.807, 2.05) is 0 Å². The Morgan fingerprint density at radius 2 is 1.78 bits per heavy atom. The summed E-state index contributed by atoms with van der Waals surface area (Å²) in [4.78, 5) is 0. The third-order valence-corrected chi connectivity index (χ3v) is 3.37. The molecule has 18 heavy (non-hydrogen) atoms. The Balaban J connectivity index is 1.63. The van der Waals surface area contributed by atoms with Gasteiger partial charge in [-0.15, -0.1) is 0 Å². The van der Waals surface area contributed by atoms with E-state index in [0.29, 0.717) is 32.5 Å². The van der Waals surface area contributed by atoms with Crippen molar-refractivity contribution in [2.24, 2.45) is 0 Å². The molecule has 0 bridgehead atoms. The molecule has 5 heteroatoms. The second-order valence-corrected chi connectivity index (χ2v) is 4.92. The topological polar surface area (TPSA) is 60.5 Å². The van der Waals surface area contributed by atoms with Gasteiger partial charge in [-0.2, -0.15) is 0 Å². The first kappa shape index (κ1) is 14.2. The van der Waals surface area contributed by atoms with Crippen molar-refractivity contribution >= 4 is 0 Å². The van der Waals surface area contributed by atoms with E-state index in [4.69, 9.17) is 24.1 Å². The van der Waals surface area contributed by atoms with Gasteiger partial charge in [0.05, 0.1) is 39.6 Å². The summed E-state index contributed by atoms with van der Waals surface area (Å²) in [7, 11) is 0. The van der Waals surface area contributed by atoms with Crippen molar-refractivity contribution in [3.8, 4) is 0 Å². The van der Waals surface area contributed by atoms with E-state index < -0.39 is 5.79 Å². The highest BCUT2D eigenvalue weighted by Gasteiger charge is 2.33. The average Bonchev–Trinajstić information content (AvgIpc) is 3.21. The smallest absolute Gasteiger partial charge is 0.168 e. The lowest BCUT2D eigenvalue weighted by atomic mass is 9.94. The number of aliphatic hydroxyl groups excluding tert-OH is 1. The summed E-state index contributed by atoms with van der Waals surface area (Å²) >= 11 is 0. The van der Waals surface area contributed by atoms with Gasteiger partial charge in [0.1, 0.15) is 6.10 Å². The monoisotopic (exact) mass is 260 g/mol. The highest BCUT2D eigenvalue weighted by atomic mass is 16.7. The van der Waals surface area contributed by atoms with E-state index in [1.165, 1.54) is 6.42 Å². The van der Waals surface area contributed by atoms with Gasteiger partial charge in [0.2, 0.25) is 0 Å². The number of ether oxygens (including phenoxy) is 4. The summed E-state index contributed by atoms with van der Waals surface area (Å²) < 4.78 is 22.1. The summed E-state index contributed by atoms with van der Waals surface area (Å²) in [6, 6.07) is 0. The lowest BCUT2D eigenvalue weighted by molar-refractivity contribution is -0.258. The lowest BCUT2D eigenvalue weighted by Crippen LogP contribution is -2.40. The molecule has 0 aromatic heterocycles. The van der Waals surface area contributed by atoms with Crippen molar-refractivity contribution in [1.82, 2.24) is 0 Å². The minimum absolute atomic E-state index is 0.0423. The van der Waals surface area contributed by atoms with E-state index in [0.717, 1.165) is 32.3 Å². The molecule has 1 heterocycles. The molecule has 1 saturated carbocycles. The van der Waals surface area contributed by atoms with E-state index in [-0.39, 0.29) is 6.61 Å². The van der Waals surface area contributed by atoms with Crippen molar-refractivity contribution in [2.75, 3.05) is 39.6 Å². The number of aliphatic hydroxyl groups is 1. The summed E-state index contributed by atoms with van der Waals surface area (Å²) in [6.45, 7) is 2.98. The van der Waals surface area contributed by atoms with Crippen LogP contribution < -0.4 is 0 Å². The summed E-state index contributed by atoms with van der Waals surface area (Å²) in [5.41, 5.74) is 0. The van der Waals surface area contributed by atoms with Crippen LogP contribution in [-0.2, 0) is 18.9 Å². The molecule has 106 valence electrons. The molecule has 0 spiro atoms. The zero-order valence-electron chi connectivity index (χ0n) is 10.9. The second kappa shape index (κ2) is 7.40. The van der Waals surface area contributed by atoms with Gasteiger partial charge in [-0.05, 0) is 12.8 Å². The van der Waals surface area contributed by atoms with Crippen LogP contribution in [0.2, 0.25) is 0 Å². The van der Waals surface area contributed by atoms with Gasteiger partial charge in [0.15, 0.2) is 5.79 Å². The lowest BCUT2D eigenvalue weighted by Gasteiger charge is -2.36. The molecule has 1 aliphatic heterocycles. The van der Waals surface area contributed by atoms with Crippen LogP contribution in [-0.4, -0.2) is 56.6 Å². The van der Waals surface area contributed by atoms with E-state index >= 15 is 0 Å². The number of hydrogen-bond donors (Lipinski definition) is 1. The third-order valence-electron chi connectivity index (χ3n) is 3.37. The van der Waals surface area contributed by atoms with Gasteiger partial charge in [-0.25, -0.2) is 0 Å². The normalized spacial score (nSPS) is 26.2. The molecule has 5 nitrogen and oxygen atoms in total. The van der Waals surface area contributed by atoms with Crippen LogP contribution in [0.25, 0.3) is 0 Å². The van der Waals surface area contributed by atoms with E-state index in [1.54, 1.807) is 0 Å². The Kier molecular flexibility index (Phi) is 5.85. The fourth-order valence-electron chi connectivity index (χ4n) is 2.32. The molecule has 0 radical (unpaired) electrons. The van der Waals surface area contributed by atoms with Crippen LogP contribution in [0.4, 0.5) is 0 Å². The molecule has 1 unspecified atom stereocenters. The Bertz CT molecular complexity index is 223. The van der Waals surface area contributed by atoms with Crippen LogP contribution in [0.1, 0.15) is 32.1 Å². The standard InChI is InChI=1S/C13H24O5/c14-6-7-17-13(4-2-1-3-5-13)18-9-8-15-10-12-11-16-12/h12,14H,1-11H2. The molecule has 2 fully saturated rings. The molecule has 2 aliphatic rings. The highest BCUT2D eigenvalue weighted by Crippen LogP contribution is 2.32. The molecule has 1 atom stereocenters. The maximum atomic E-state index is 8.87. The molecular formula is C13H24O5. The van der Waals surface area contributed by atoms with Gasteiger partial charge in [0, 0.05) is 12.8 Å². The third kappa shape index (κ3) is 4.82. The summed E-state index contributed by atoms with van der Waals surface area (Å²) in [5.74, 6) is -0.486. The number of hydrogen-bond acceptors (Lipinski definition) is 5. The quantitative estimate of drug-likeness (QED) is 0.382. The van der Waals surface area contributed by atoms with Crippen molar-refractivity contribution < 1.29 is 24.1 Å². The Morgan fingerprint density at radius 3 is 2.44 bits per heavy atom.